The van der Waals surface area contributed by atoms with E-state index in [0.717, 1.165) is 12.8 Å². The van der Waals surface area contributed by atoms with E-state index < -0.39 is 0 Å². The number of aliphatic hydroxyl groups excluding tert-OH is 1. The van der Waals surface area contributed by atoms with Crippen molar-refractivity contribution in [1.82, 2.24) is 15.1 Å². The Balaban J connectivity index is 2.06. The van der Waals surface area contributed by atoms with Crippen LogP contribution in [0.2, 0.25) is 0 Å². The Morgan fingerprint density at radius 2 is 2.35 bits per heavy atom. The number of aliphatic hydroxyl groups is 1. The molecular formula is C11H16N4O2. The smallest absolute Gasteiger partial charge is 0.274 e. The Morgan fingerprint density at radius 3 is 3.00 bits per heavy atom. The quantitative estimate of drug-likeness (QED) is 0.748. The minimum atomic E-state index is -0.143. The highest BCUT2D eigenvalue weighted by Gasteiger charge is 2.24. The number of hydrogen-bond acceptors (Lipinski definition) is 5. The van der Waals surface area contributed by atoms with Crippen LogP contribution < -0.4 is 5.73 Å². The molecule has 0 bridgehead atoms. The van der Waals surface area contributed by atoms with Crippen LogP contribution in [0.3, 0.4) is 0 Å². The maximum atomic E-state index is 12.1. The van der Waals surface area contributed by atoms with E-state index in [-0.39, 0.29) is 18.4 Å². The van der Waals surface area contributed by atoms with E-state index in [1.54, 1.807) is 17.0 Å². The third-order valence-electron chi connectivity index (χ3n) is 2.97. The van der Waals surface area contributed by atoms with E-state index in [2.05, 4.69) is 10.2 Å². The largest absolute Gasteiger partial charge is 0.396 e. The van der Waals surface area contributed by atoms with E-state index in [1.807, 2.05) is 0 Å². The predicted octanol–water partition coefficient (Wildman–Crippen LogP) is -0.0967. The monoisotopic (exact) mass is 236 g/mol. The van der Waals surface area contributed by atoms with Gasteiger partial charge in [0.1, 0.15) is 5.82 Å². The molecule has 1 amide bonds. The van der Waals surface area contributed by atoms with Crippen LogP contribution in [0.15, 0.2) is 12.1 Å². The third-order valence-corrected chi connectivity index (χ3v) is 2.97. The van der Waals surface area contributed by atoms with Crippen molar-refractivity contribution in [2.45, 2.75) is 12.8 Å². The molecule has 6 heteroatoms. The molecule has 0 spiro atoms. The van der Waals surface area contributed by atoms with Gasteiger partial charge in [-0.05, 0) is 30.9 Å². The number of nitrogens with zero attached hydrogens (tertiary/aromatic N) is 3. The summed E-state index contributed by atoms with van der Waals surface area (Å²) in [6.45, 7) is 1.42. The molecule has 0 aromatic carbocycles. The van der Waals surface area contributed by atoms with Gasteiger partial charge in [-0.15, -0.1) is 10.2 Å². The SMILES string of the molecule is Nc1ccc(C(=O)N2CCCC(CO)C2)nn1. The topological polar surface area (TPSA) is 92.3 Å². The minimum absolute atomic E-state index is 0.122. The molecule has 0 radical (unpaired) electrons. The van der Waals surface area contributed by atoms with Gasteiger partial charge < -0.3 is 15.7 Å². The van der Waals surface area contributed by atoms with Gasteiger partial charge in [0, 0.05) is 19.7 Å². The summed E-state index contributed by atoms with van der Waals surface area (Å²) in [7, 11) is 0. The number of likely N-dealkylation sites (tertiary alicyclic amines) is 1. The van der Waals surface area contributed by atoms with Crippen LogP contribution in [0.4, 0.5) is 5.82 Å². The van der Waals surface area contributed by atoms with Crippen LogP contribution in [-0.2, 0) is 0 Å². The number of anilines is 1. The summed E-state index contributed by atoms with van der Waals surface area (Å²) in [5.74, 6) is 0.332. The van der Waals surface area contributed by atoms with Crippen LogP contribution in [0.1, 0.15) is 23.3 Å². The van der Waals surface area contributed by atoms with Crippen LogP contribution >= 0.6 is 0 Å². The fourth-order valence-corrected chi connectivity index (χ4v) is 2.02. The second-order valence-electron chi connectivity index (χ2n) is 4.29. The Kier molecular flexibility index (Phi) is 3.53. The molecule has 6 nitrogen and oxygen atoms in total. The fourth-order valence-electron chi connectivity index (χ4n) is 2.02. The van der Waals surface area contributed by atoms with Crippen molar-refractivity contribution in [2.24, 2.45) is 5.92 Å². The van der Waals surface area contributed by atoms with E-state index in [0.29, 0.717) is 24.6 Å². The number of piperidine rings is 1. The lowest BCUT2D eigenvalue weighted by Gasteiger charge is -2.31. The zero-order valence-corrected chi connectivity index (χ0v) is 9.54. The van der Waals surface area contributed by atoms with Crippen LogP contribution in [0, 0.1) is 5.92 Å². The number of carbonyl (C=O) groups excluding carboxylic acids is 1. The van der Waals surface area contributed by atoms with Gasteiger partial charge in [0.05, 0.1) is 0 Å². The number of aromatic nitrogens is 2. The molecule has 0 saturated carbocycles. The van der Waals surface area contributed by atoms with Gasteiger partial charge in [0.2, 0.25) is 0 Å². The van der Waals surface area contributed by atoms with Crippen molar-refractivity contribution in [2.75, 3.05) is 25.4 Å². The summed E-state index contributed by atoms with van der Waals surface area (Å²) in [5, 5.41) is 16.6. The average Bonchev–Trinajstić information content (AvgIpc) is 2.39. The Labute approximate surface area is 99.4 Å². The molecule has 17 heavy (non-hydrogen) atoms. The molecule has 0 aliphatic carbocycles. The molecule has 2 heterocycles. The summed E-state index contributed by atoms with van der Waals surface area (Å²) < 4.78 is 0. The Hall–Kier alpha value is -1.69. The first-order valence-electron chi connectivity index (χ1n) is 5.70. The number of hydrogen-bond donors (Lipinski definition) is 2. The van der Waals surface area contributed by atoms with Crippen LogP contribution in [-0.4, -0.2) is 45.8 Å². The summed E-state index contributed by atoms with van der Waals surface area (Å²) >= 11 is 0. The molecule has 1 aromatic rings. The van der Waals surface area contributed by atoms with Gasteiger partial charge in [0.15, 0.2) is 5.69 Å². The first-order chi connectivity index (χ1) is 8.20. The minimum Gasteiger partial charge on any atom is -0.396 e. The average molecular weight is 236 g/mol. The third kappa shape index (κ3) is 2.71. The molecule has 1 aliphatic rings. The van der Waals surface area contributed by atoms with E-state index in [4.69, 9.17) is 10.8 Å². The Bertz CT molecular complexity index is 393. The zero-order chi connectivity index (χ0) is 12.3. The molecule has 1 aromatic heterocycles. The Morgan fingerprint density at radius 1 is 1.53 bits per heavy atom. The normalized spacial score (nSPS) is 20.3. The first kappa shape index (κ1) is 11.8. The highest BCUT2D eigenvalue weighted by atomic mass is 16.3. The zero-order valence-electron chi connectivity index (χ0n) is 9.54. The van der Waals surface area contributed by atoms with Crippen LogP contribution in [0.25, 0.3) is 0 Å². The molecule has 3 N–H and O–H groups in total. The van der Waals surface area contributed by atoms with Crippen LogP contribution in [0.5, 0.6) is 0 Å². The summed E-state index contributed by atoms with van der Waals surface area (Å²) in [6.07, 6.45) is 1.88. The summed E-state index contributed by atoms with van der Waals surface area (Å²) in [5.41, 5.74) is 5.72. The fraction of sp³-hybridized carbons (Fsp3) is 0.545. The second-order valence-corrected chi connectivity index (χ2v) is 4.29. The van der Waals surface area contributed by atoms with E-state index in [9.17, 15) is 4.79 Å². The number of nitrogens with two attached hydrogens (primary N) is 1. The number of nitrogen functional groups attached to an aromatic ring is 1. The van der Waals surface area contributed by atoms with Crippen molar-refractivity contribution < 1.29 is 9.90 Å². The molecule has 2 rings (SSSR count). The lowest BCUT2D eigenvalue weighted by molar-refractivity contribution is 0.0614. The van der Waals surface area contributed by atoms with Gasteiger partial charge in [-0.3, -0.25) is 4.79 Å². The summed E-state index contributed by atoms with van der Waals surface area (Å²) in [6, 6.07) is 3.14. The second kappa shape index (κ2) is 5.09. The van der Waals surface area contributed by atoms with Crippen molar-refractivity contribution in [3.63, 3.8) is 0 Å². The van der Waals surface area contributed by atoms with Gasteiger partial charge in [-0.1, -0.05) is 0 Å². The maximum Gasteiger partial charge on any atom is 0.274 e. The lowest BCUT2D eigenvalue weighted by atomic mass is 9.99. The molecule has 1 atom stereocenters. The first-order valence-corrected chi connectivity index (χ1v) is 5.70. The lowest BCUT2D eigenvalue weighted by Crippen LogP contribution is -2.41. The molecule has 92 valence electrons. The van der Waals surface area contributed by atoms with Gasteiger partial charge >= 0.3 is 0 Å². The van der Waals surface area contributed by atoms with Crippen molar-refractivity contribution in [3.05, 3.63) is 17.8 Å². The predicted molar refractivity (Wildman–Crippen MR) is 62.2 cm³/mol. The summed E-state index contributed by atoms with van der Waals surface area (Å²) in [4.78, 5) is 13.8. The highest BCUT2D eigenvalue weighted by Crippen LogP contribution is 2.17. The van der Waals surface area contributed by atoms with Crippen molar-refractivity contribution in [1.29, 1.82) is 0 Å². The standard InChI is InChI=1S/C11H16N4O2/c12-10-4-3-9(13-14-10)11(17)15-5-1-2-8(6-15)7-16/h3-4,8,16H,1-2,5-7H2,(H2,12,14). The van der Waals surface area contributed by atoms with Crippen molar-refractivity contribution in [3.8, 4) is 0 Å². The molecule has 1 aliphatic heterocycles. The maximum absolute atomic E-state index is 12.1. The number of carbonyl (C=O) groups is 1. The van der Waals surface area contributed by atoms with Gasteiger partial charge in [-0.2, -0.15) is 0 Å². The molecule has 1 fully saturated rings. The molecular weight excluding hydrogens is 220 g/mol. The van der Waals surface area contributed by atoms with E-state index >= 15 is 0 Å². The van der Waals surface area contributed by atoms with Gasteiger partial charge in [0.25, 0.3) is 5.91 Å². The molecule has 1 saturated heterocycles. The van der Waals surface area contributed by atoms with Gasteiger partial charge in [-0.25, -0.2) is 0 Å². The number of amides is 1. The highest BCUT2D eigenvalue weighted by molar-refractivity contribution is 5.92. The number of rotatable bonds is 2. The molecule has 1 unspecified atom stereocenters. The van der Waals surface area contributed by atoms with E-state index in [1.165, 1.54) is 0 Å². The van der Waals surface area contributed by atoms with Crippen molar-refractivity contribution >= 4 is 11.7 Å².